The second kappa shape index (κ2) is 12.4. The Morgan fingerprint density at radius 2 is 1.62 bits per heavy atom. The van der Waals surface area contributed by atoms with Gasteiger partial charge in [-0.05, 0) is 76.9 Å². The van der Waals surface area contributed by atoms with Gasteiger partial charge in [0, 0.05) is 42.1 Å². The van der Waals surface area contributed by atoms with Gasteiger partial charge in [-0.25, -0.2) is 9.18 Å². The Morgan fingerprint density at radius 3 is 2.26 bits per heavy atom. The monoisotopic (exact) mass is 543 g/mol. The zero-order chi connectivity index (χ0) is 28.8. The molecule has 0 aliphatic carbocycles. The Balaban J connectivity index is 1.75. The first-order valence-corrected chi connectivity index (χ1v) is 12.5. The van der Waals surface area contributed by atoms with Crippen molar-refractivity contribution in [2.45, 2.75) is 6.52 Å². The average Bonchev–Trinajstić information content (AvgIpc) is 2.96. The van der Waals surface area contributed by atoms with Crippen molar-refractivity contribution >= 4 is 40.9 Å². The van der Waals surface area contributed by atoms with Crippen LogP contribution in [0.2, 0.25) is 5.02 Å². The number of halogens is 2. The number of hydrogen-bond donors (Lipinski definition) is 0. The molecule has 198 valence electrons. The predicted molar refractivity (Wildman–Crippen MR) is 156 cm³/mol. The maximum atomic E-state index is 14.7. The number of amides is 1. The van der Waals surface area contributed by atoms with Gasteiger partial charge in [0.25, 0.3) is 5.91 Å². The number of anilines is 2. The van der Waals surface area contributed by atoms with Crippen LogP contribution >= 0.6 is 11.6 Å². The van der Waals surface area contributed by atoms with Crippen molar-refractivity contribution in [2.24, 2.45) is 0 Å². The molecular weight excluding hydrogens is 515 g/mol. The zero-order valence-corrected chi connectivity index (χ0v) is 22.5. The molecule has 0 radical (unpaired) electrons. The van der Waals surface area contributed by atoms with Crippen LogP contribution in [-0.4, -0.2) is 33.1 Å². The summed E-state index contributed by atoms with van der Waals surface area (Å²) in [6.45, 7) is -1.30. The van der Waals surface area contributed by atoms with Gasteiger partial charge >= 0.3 is 5.97 Å². The molecule has 0 fully saturated rings. The molecule has 0 N–H and O–H groups in total. The predicted octanol–water partition coefficient (Wildman–Crippen LogP) is 7.25. The fourth-order valence-corrected chi connectivity index (χ4v) is 4.17. The summed E-state index contributed by atoms with van der Waals surface area (Å²) in [7, 11) is 5.17. The third kappa shape index (κ3) is 6.92. The van der Waals surface area contributed by atoms with E-state index in [2.05, 4.69) is 4.74 Å². The Bertz CT molecular complexity index is 1540. The van der Waals surface area contributed by atoms with E-state index >= 15 is 0 Å². The van der Waals surface area contributed by atoms with Crippen molar-refractivity contribution in [2.75, 3.05) is 31.0 Å². The molecule has 39 heavy (non-hydrogen) atoms. The topological polar surface area (TPSA) is 49.9 Å². The van der Waals surface area contributed by atoms with Crippen LogP contribution in [-0.2, 0) is 16.1 Å². The lowest BCUT2D eigenvalue weighted by atomic mass is 10.0. The van der Waals surface area contributed by atoms with Gasteiger partial charge in [0.1, 0.15) is 5.82 Å². The Labute approximate surface area is 234 Å². The largest absolute Gasteiger partial charge is 0.466 e. The van der Waals surface area contributed by atoms with Crippen molar-refractivity contribution in [3.8, 4) is 11.1 Å². The van der Waals surface area contributed by atoms with E-state index in [1.807, 2.05) is 49.3 Å². The summed E-state index contributed by atoms with van der Waals surface area (Å²) >= 11 is 6.70. The number of hydrogen-bond acceptors (Lipinski definition) is 4. The van der Waals surface area contributed by atoms with Gasteiger partial charge in [0.15, 0.2) is 0 Å². The van der Waals surface area contributed by atoms with Crippen LogP contribution in [0.25, 0.3) is 17.2 Å². The summed E-state index contributed by atoms with van der Waals surface area (Å²) < 4.78 is 28.5. The summed E-state index contributed by atoms with van der Waals surface area (Å²) in [6.07, 6.45) is 2.53. The van der Waals surface area contributed by atoms with Crippen LogP contribution in [0.4, 0.5) is 15.8 Å². The van der Waals surface area contributed by atoms with Gasteiger partial charge in [-0.1, -0.05) is 54.1 Å². The highest BCUT2D eigenvalue weighted by Gasteiger charge is 2.21. The van der Waals surface area contributed by atoms with Gasteiger partial charge < -0.3 is 14.5 Å². The highest BCUT2D eigenvalue weighted by Crippen LogP contribution is 2.30. The SMILES string of the molecule is [2H]C(c1ccc(-c2ccc(N(C)C)cc2)cc1Cl)N(C(=O)c1ccccc1)c1cc(F)cc(/C=C/C(=O)OC)c1. The lowest BCUT2D eigenvalue weighted by Gasteiger charge is -2.24. The number of ether oxygens (including phenoxy) is 1. The van der Waals surface area contributed by atoms with Gasteiger partial charge in [-0.3, -0.25) is 4.79 Å². The molecule has 0 spiro atoms. The molecule has 0 aliphatic rings. The first-order chi connectivity index (χ1) is 19.2. The molecule has 4 rings (SSSR count). The van der Waals surface area contributed by atoms with Gasteiger partial charge in [-0.2, -0.15) is 0 Å². The van der Waals surface area contributed by atoms with Crippen molar-refractivity contribution in [3.05, 3.63) is 125 Å². The van der Waals surface area contributed by atoms with Crippen molar-refractivity contribution < 1.29 is 20.1 Å². The molecule has 0 saturated carbocycles. The number of carbonyl (C=O) groups is 2. The summed E-state index contributed by atoms with van der Waals surface area (Å²) in [6, 6.07) is 25.6. The van der Waals surface area contributed by atoms with Crippen molar-refractivity contribution in [1.29, 1.82) is 0 Å². The minimum Gasteiger partial charge on any atom is -0.466 e. The maximum absolute atomic E-state index is 14.7. The second-order valence-corrected chi connectivity index (χ2v) is 9.35. The molecule has 0 saturated heterocycles. The normalized spacial score (nSPS) is 12.1. The third-order valence-electron chi connectivity index (χ3n) is 6.02. The van der Waals surface area contributed by atoms with Gasteiger partial charge in [0.05, 0.1) is 15.0 Å². The van der Waals surface area contributed by atoms with Crippen LogP contribution in [0, 0.1) is 5.82 Å². The van der Waals surface area contributed by atoms with E-state index in [1.165, 1.54) is 36.3 Å². The summed E-state index contributed by atoms with van der Waals surface area (Å²) in [5.74, 6) is -1.75. The Kier molecular flexibility index (Phi) is 8.34. The highest BCUT2D eigenvalue weighted by atomic mass is 35.5. The first-order valence-electron chi connectivity index (χ1n) is 12.7. The number of methoxy groups -OCH3 is 1. The van der Waals surface area contributed by atoms with E-state index < -0.39 is 24.2 Å². The van der Waals surface area contributed by atoms with E-state index in [0.717, 1.165) is 22.9 Å². The maximum Gasteiger partial charge on any atom is 0.330 e. The van der Waals surface area contributed by atoms with E-state index in [0.29, 0.717) is 21.7 Å². The number of carbonyl (C=O) groups excluding carboxylic acids is 2. The van der Waals surface area contributed by atoms with Crippen LogP contribution in [0.15, 0.2) is 97.1 Å². The summed E-state index contributed by atoms with van der Waals surface area (Å²) in [4.78, 5) is 28.5. The molecule has 0 heterocycles. The first kappa shape index (κ1) is 26.2. The van der Waals surface area contributed by atoms with E-state index in [4.69, 9.17) is 13.0 Å². The van der Waals surface area contributed by atoms with Crippen LogP contribution < -0.4 is 9.80 Å². The van der Waals surface area contributed by atoms with Crippen LogP contribution in [0.3, 0.4) is 0 Å². The third-order valence-corrected chi connectivity index (χ3v) is 6.35. The Hall–Kier alpha value is -4.42. The molecule has 0 aliphatic heterocycles. The highest BCUT2D eigenvalue weighted by molar-refractivity contribution is 6.31. The quantitative estimate of drug-likeness (QED) is 0.173. The molecule has 4 aromatic rings. The van der Waals surface area contributed by atoms with E-state index in [1.54, 1.807) is 42.5 Å². The zero-order valence-electron chi connectivity index (χ0n) is 22.8. The van der Waals surface area contributed by atoms with Crippen LogP contribution in [0.1, 0.15) is 22.9 Å². The van der Waals surface area contributed by atoms with Gasteiger partial charge in [0.2, 0.25) is 0 Å². The molecule has 4 aromatic carbocycles. The minimum absolute atomic E-state index is 0.137. The number of benzene rings is 4. The van der Waals surface area contributed by atoms with Crippen molar-refractivity contribution in [3.63, 3.8) is 0 Å². The molecular formula is C32H28ClFN2O3. The smallest absolute Gasteiger partial charge is 0.330 e. The van der Waals surface area contributed by atoms with E-state index in [-0.39, 0.29) is 5.69 Å². The minimum atomic E-state index is -1.30. The standard InChI is InChI=1S/C32H28ClFN2O3/c1-35(2)28-14-12-23(13-15-28)25-10-11-26(30(33)19-25)21-36(32(38)24-7-5-4-6-8-24)29-18-22(17-27(34)20-29)9-16-31(37)39-3/h4-20H,21H2,1-3H3/b16-9+/i21D. The molecule has 0 aromatic heterocycles. The molecule has 1 unspecified atom stereocenters. The fourth-order valence-electron chi connectivity index (χ4n) is 3.94. The molecule has 5 nitrogen and oxygen atoms in total. The molecule has 1 atom stereocenters. The lowest BCUT2D eigenvalue weighted by Crippen LogP contribution is -2.30. The van der Waals surface area contributed by atoms with Crippen molar-refractivity contribution in [1.82, 2.24) is 0 Å². The fraction of sp³-hybridized carbons (Fsp3) is 0.125. The summed E-state index contributed by atoms with van der Waals surface area (Å²) in [5.41, 5.74) is 4.01. The lowest BCUT2D eigenvalue weighted by molar-refractivity contribution is -0.134. The number of nitrogens with zero attached hydrogens (tertiary/aromatic N) is 2. The average molecular weight is 544 g/mol. The summed E-state index contributed by atoms with van der Waals surface area (Å²) in [5, 5.41) is 0.294. The van der Waals surface area contributed by atoms with Crippen LogP contribution in [0.5, 0.6) is 0 Å². The number of rotatable bonds is 8. The molecule has 7 heteroatoms. The second-order valence-electron chi connectivity index (χ2n) is 8.95. The number of esters is 1. The van der Waals surface area contributed by atoms with Gasteiger partial charge in [-0.15, -0.1) is 0 Å². The Morgan fingerprint density at radius 1 is 0.923 bits per heavy atom. The molecule has 0 bridgehead atoms. The van der Waals surface area contributed by atoms with E-state index in [9.17, 15) is 14.0 Å². The molecule has 1 amide bonds.